The van der Waals surface area contributed by atoms with Gasteiger partial charge in [0.25, 0.3) is 0 Å². The van der Waals surface area contributed by atoms with Crippen LogP contribution >= 0.6 is 0 Å². The fourth-order valence-electron chi connectivity index (χ4n) is 1.36. The Labute approximate surface area is 108 Å². The Bertz CT molecular complexity index is 380. The highest BCUT2D eigenvalue weighted by Gasteiger charge is 2.00. The van der Waals surface area contributed by atoms with E-state index in [2.05, 4.69) is 15.5 Å². The van der Waals surface area contributed by atoms with Crippen molar-refractivity contribution in [2.45, 2.75) is 6.54 Å². The van der Waals surface area contributed by atoms with Crippen LogP contribution in [0.3, 0.4) is 0 Å². The van der Waals surface area contributed by atoms with Crippen molar-refractivity contribution in [1.29, 1.82) is 0 Å². The van der Waals surface area contributed by atoms with E-state index >= 15 is 0 Å². The minimum Gasteiger partial charge on any atom is -0.492 e. The quantitative estimate of drug-likeness (QED) is 0.795. The maximum atomic E-state index is 11.1. The Morgan fingerprint density at radius 3 is 2.83 bits per heavy atom. The molecule has 0 radical (unpaired) electrons. The van der Waals surface area contributed by atoms with Crippen LogP contribution in [0.1, 0.15) is 5.56 Å². The van der Waals surface area contributed by atoms with Gasteiger partial charge in [0.1, 0.15) is 12.4 Å². The van der Waals surface area contributed by atoms with E-state index < -0.39 is 0 Å². The Hall–Kier alpha value is -1.75. The molecule has 0 aliphatic heterocycles. The number of amides is 2. The monoisotopic (exact) mass is 251 g/mol. The molecular weight excluding hydrogens is 230 g/mol. The van der Waals surface area contributed by atoms with Gasteiger partial charge in [-0.3, -0.25) is 0 Å². The number of ether oxygens (including phenoxy) is 1. The number of benzene rings is 1. The third-order valence-electron chi connectivity index (χ3n) is 2.39. The fraction of sp³-hybridized carbons (Fsp3) is 0.462. The molecule has 1 aromatic carbocycles. The second-order valence-corrected chi connectivity index (χ2v) is 4.23. The normalized spacial score (nSPS) is 10.2. The number of carbonyl (C=O) groups is 1. The van der Waals surface area contributed by atoms with Gasteiger partial charge in [0, 0.05) is 20.1 Å². The summed E-state index contributed by atoms with van der Waals surface area (Å²) in [5.74, 6) is 0.827. The zero-order valence-electron chi connectivity index (χ0n) is 11.2. The minimum absolute atomic E-state index is 0.186. The molecule has 2 amide bonds. The van der Waals surface area contributed by atoms with Crippen molar-refractivity contribution in [1.82, 2.24) is 15.5 Å². The molecule has 0 aliphatic carbocycles. The van der Waals surface area contributed by atoms with Crippen molar-refractivity contribution >= 4 is 6.03 Å². The first kappa shape index (κ1) is 14.3. The lowest BCUT2D eigenvalue weighted by Crippen LogP contribution is -2.32. The van der Waals surface area contributed by atoms with Crippen molar-refractivity contribution in [2.24, 2.45) is 0 Å². The number of hydrogen-bond donors (Lipinski definition) is 2. The van der Waals surface area contributed by atoms with Gasteiger partial charge in [-0.1, -0.05) is 12.1 Å². The minimum atomic E-state index is -0.186. The number of nitrogens with zero attached hydrogens (tertiary/aromatic N) is 1. The van der Waals surface area contributed by atoms with Crippen molar-refractivity contribution in [2.75, 3.05) is 34.3 Å². The molecule has 18 heavy (non-hydrogen) atoms. The summed E-state index contributed by atoms with van der Waals surface area (Å²) in [6.07, 6.45) is 0. The third-order valence-corrected chi connectivity index (χ3v) is 2.39. The Kier molecular flexibility index (Phi) is 6.00. The summed E-state index contributed by atoms with van der Waals surface area (Å²) < 4.78 is 5.62. The molecule has 2 N–H and O–H groups in total. The second kappa shape index (κ2) is 7.55. The van der Waals surface area contributed by atoms with Gasteiger partial charge in [-0.2, -0.15) is 0 Å². The van der Waals surface area contributed by atoms with Crippen molar-refractivity contribution in [3.63, 3.8) is 0 Å². The molecule has 0 spiro atoms. The molecule has 0 bridgehead atoms. The molecule has 0 aliphatic rings. The first-order chi connectivity index (χ1) is 8.61. The standard InChI is InChI=1S/C13H21N3O2/c1-14-13(17)15-10-11-5-4-6-12(9-11)18-8-7-16(2)3/h4-6,9H,7-8,10H2,1-3H3,(H2,14,15,17). The Balaban J connectivity index is 2.43. The first-order valence-corrected chi connectivity index (χ1v) is 5.94. The number of nitrogens with one attached hydrogen (secondary N) is 2. The zero-order chi connectivity index (χ0) is 13.4. The van der Waals surface area contributed by atoms with Crippen LogP contribution in [-0.4, -0.2) is 45.2 Å². The van der Waals surface area contributed by atoms with E-state index in [1.54, 1.807) is 7.05 Å². The number of carbonyl (C=O) groups excluding carboxylic acids is 1. The second-order valence-electron chi connectivity index (χ2n) is 4.23. The lowest BCUT2D eigenvalue weighted by Gasteiger charge is -2.12. The first-order valence-electron chi connectivity index (χ1n) is 5.94. The van der Waals surface area contributed by atoms with Crippen molar-refractivity contribution in [3.8, 4) is 5.75 Å². The maximum absolute atomic E-state index is 11.1. The summed E-state index contributed by atoms with van der Waals surface area (Å²) in [6.45, 7) is 2.02. The van der Waals surface area contributed by atoms with E-state index in [0.29, 0.717) is 13.2 Å². The fourth-order valence-corrected chi connectivity index (χ4v) is 1.36. The highest BCUT2D eigenvalue weighted by atomic mass is 16.5. The van der Waals surface area contributed by atoms with E-state index in [1.165, 1.54) is 0 Å². The molecular formula is C13H21N3O2. The molecule has 0 heterocycles. The van der Waals surface area contributed by atoms with Crippen LogP contribution in [0.25, 0.3) is 0 Å². The van der Waals surface area contributed by atoms with Crippen LogP contribution in [0.5, 0.6) is 5.75 Å². The van der Waals surface area contributed by atoms with Gasteiger partial charge >= 0.3 is 6.03 Å². The predicted octanol–water partition coefficient (Wildman–Crippen LogP) is 1.06. The molecule has 100 valence electrons. The van der Waals surface area contributed by atoms with Crippen molar-refractivity contribution in [3.05, 3.63) is 29.8 Å². The van der Waals surface area contributed by atoms with E-state index in [0.717, 1.165) is 17.9 Å². The molecule has 5 nitrogen and oxygen atoms in total. The summed E-state index contributed by atoms with van der Waals surface area (Å²) in [5, 5.41) is 5.25. The van der Waals surface area contributed by atoms with Crippen LogP contribution in [0.15, 0.2) is 24.3 Å². The Morgan fingerprint density at radius 2 is 2.17 bits per heavy atom. The third kappa shape index (κ3) is 5.54. The predicted molar refractivity (Wildman–Crippen MR) is 71.8 cm³/mol. The van der Waals surface area contributed by atoms with Gasteiger partial charge in [0.2, 0.25) is 0 Å². The smallest absolute Gasteiger partial charge is 0.314 e. The molecule has 5 heteroatoms. The summed E-state index contributed by atoms with van der Waals surface area (Å²) in [6, 6.07) is 7.54. The average molecular weight is 251 g/mol. The van der Waals surface area contributed by atoms with Gasteiger partial charge in [-0.05, 0) is 31.8 Å². The van der Waals surface area contributed by atoms with Gasteiger partial charge in [0.05, 0.1) is 0 Å². The van der Waals surface area contributed by atoms with Crippen LogP contribution in [0.2, 0.25) is 0 Å². The summed E-state index contributed by atoms with van der Waals surface area (Å²) in [5.41, 5.74) is 1.01. The number of hydrogen-bond acceptors (Lipinski definition) is 3. The molecule has 0 saturated carbocycles. The molecule has 1 rings (SSSR count). The largest absolute Gasteiger partial charge is 0.492 e. The lowest BCUT2D eigenvalue weighted by atomic mass is 10.2. The van der Waals surface area contributed by atoms with Gasteiger partial charge in [-0.15, -0.1) is 0 Å². The van der Waals surface area contributed by atoms with Crippen LogP contribution in [0, 0.1) is 0 Å². The molecule has 0 unspecified atom stereocenters. The number of rotatable bonds is 6. The molecule has 0 saturated heterocycles. The molecule has 0 fully saturated rings. The number of likely N-dealkylation sites (N-methyl/N-ethyl adjacent to an activating group) is 1. The summed E-state index contributed by atoms with van der Waals surface area (Å²) in [4.78, 5) is 13.1. The lowest BCUT2D eigenvalue weighted by molar-refractivity contribution is 0.242. The van der Waals surface area contributed by atoms with E-state index in [9.17, 15) is 4.79 Å². The highest BCUT2D eigenvalue weighted by molar-refractivity contribution is 5.73. The number of urea groups is 1. The molecule has 1 aromatic rings. The van der Waals surface area contributed by atoms with E-state index in [-0.39, 0.29) is 6.03 Å². The van der Waals surface area contributed by atoms with Crippen molar-refractivity contribution < 1.29 is 9.53 Å². The molecule has 0 aromatic heterocycles. The summed E-state index contributed by atoms with van der Waals surface area (Å²) in [7, 11) is 5.61. The molecule has 0 atom stereocenters. The van der Waals surface area contributed by atoms with Crippen LogP contribution in [-0.2, 0) is 6.54 Å². The average Bonchev–Trinajstić information content (AvgIpc) is 2.36. The van der Waals surface area contributed by atoms with E-state index in [1.807, 2.05) is 38.4 Å². The maximum Gasteiger partial charge on any atom is 0.314 e. The highest BCUT2D eigenvalue weighted by Crippen LogP contribution is 2.13. The Morgan fingerprint density at radius 1 is 1.39 bits per heavy atom. The zero-order valence-corrected chi connectivity index (χ0v) is 11.2. The van der Waals surface area contributed by atoms with E-state index in [4.69, 9.17) is 4.74 Å². The SMILES string of the molecule is CNC(=O)NCc1cccc(OCCN(C)C)c1. The topological polar surface area (TPSA) is 53.6 Å². The van der Waals surface area contributed by atoms with Gasteiger partial charge in [-0.25, -0.2) is 4.79 Å². The van der Waals surface area contributed by atoms with Gasteiger partial charge in [0.15, 0.2) is 0 Å². The van der Waals surface area contributed by atoms with Crippen LogP contribution < -0.4 is 15.4 Å². The summed E-state index contributed by atoms with van der Waals surface area (Å²) >= 11 is 0. The van der Waals surface area contributed by atoms with Crippen LogP contribution in [0.4, 0.5) is 4.79 Å². The van der Waals surface area contributed by atoms with Gasteiger partial charge < -0.3 is 20.3 Å².